The minimum absolute atomic E-state index is 0.117. The third-order valence-corrected chi connectivity index (χ3v) is 2.62. The number of carbonyl (C=O) groups excluding carboxylic acids is 1. The van der Waals surface area contributed by atoms with E-state index in [1.807, 2.05) is 0 Å². The standard InChI is InChI=1S/C14H11NO5/c1-9(16)12-7-11(8-13(14(12)17)15(18)19)20-10-5-3-2-4-6-10/h2-8,17H,1H3. The number of phenols is 1. The maximum Gasteiger partial charge on any atom is 0.315 e. The van der Waals surface area contributed by atoms with Crippen LogP contribution in [-0.2, 0) is 0 Å². The molecular formula is C14H11NO5. The Morgan fingerprint density at radius 2 is 1.85 bits per heavy atom. The Labute approximate surface area is 114 Å². The van der Waals surface area contributed by atoms with Crippen LogP contribution in [0.1, 0.15) is 17.3 Å². The molecule has 2 aromatic carbocycles. The van der Waals surface area contributed by atoms with Gasteiger partial charge < -0.3 is 9.84 Å². The van der Waals surface area contributed by atoms with Crippen LogP contribution < -0.4 is 4.74 Å². The number of hydrogen-bond donors (Lipinski definition) is 1. The first-order valence-electron chi connectivity index (χ1n) is 5.74. The number of para-hydroxylation sites is 1. The Balaban J connectivity index is 2.49. The molecule has 0 saturated heterocycles. The van der Waals surface area contributed by atoms with E-state index in [0.717, 1.165) is 6.07 Å². The number of carbonyl (C=O) groups is 1. The predicted octanol–water partition coefficient (Wildman–Crippen LogP) is 3.30. The van der Waals surface area contributed by atoms with Gasteiger partial charge in [0.25, 0.3) is 0 Å². The third-order valence-electron chi connectivity index (χ3n) is 2.62. The fourth-order valence-corrected chi connectivity index (χ4v) is 1.68. The lowest BCUT2D eigenvalue weighted by atomic mass is 10.1. The highest BCUT2D eigenvalue weighted by molar-refractivity contribution is 5.98. The van der Waals surface area contributed by atoms with Crippen molar-refractivity contribution in [3.8, 4) is 17.2 Å². The van der Waals surface area contributed by atoms with Gasteiger partial charge in [0.2, 0.25) is 5.75 Å². The molecule has 6 nitrogen and oxygen atoms in total. The van der Waals surface area contributed by atoms with Crippen LogP contribution >= 0.6 is 0 Å². The number of benzene rings is 2. The van der Waals surface area contributed by atoms with Crippen LogP contribution in [-0.4, -0.2) is 15.8 Å². The lowest BCUT2D eigenvalue weighted by Crippen LogP contribution is -1.98. The maximum atomic E-state index is 11.4. The van der Waals surface area contributed by atoms with E-state index in [-0.39, 0.29) is 11.3 Å². The number of nitro benzene ring substituents is 1. The van der Waals surface area contributed by atoms with E-state index in [9.17, 15) is 20.0 Å². The monoisotopic (exact) mass is 273 g/mol. The largest absolute Gasteiger partial charge is 0.502 e. The number of nitrogens with zero attached hydrogens (tertiary/aromatic N) is 1. The first kappa shape index (κ1) is 13.5. The Bertz CT molecular complexity index is 632. The second kappa shape index (κ2) is 5.40. The summed E-state index contributed by atoms with van der Waals surface area (Å²) in [5.41, 5.74) is -0.714. The van der Waals surface area contributed by atoms with Gasteiger partial charge >= 0.3 is 5.69 Å². The van der Waals surface area contributed by atoms with E-state index in [4.69, 9.17) is 4.74 Å². The molecule has 102 valence electrons. The van der Waals surface area contributed by atoms with Gasteiger partial charge in [-0.1, -0.05) is 18.2 Å². The molecule has 0 radical (unpaired) electrons. The molecule has 0 heterocycles. The van der Waals surface area contributed by atoms with Crippen LogP contribution in [0, 0.1) is 10.1 Å². The van der Waals surface area contributed by atoms with E-state index in [1.165, 1.54) is 13.0 Å². The number of ketones is 1. The molecule has 0 saturated carbocycles. The Morgan fingerprint density at radius 1 is 1.20 bits per heavy atom. The van der Waals surface area contributed by atoms with Gasteiger partial charge in [0.15, 0.2) is 5.78 Å². The molecule has 20 heavy (non-hydrogen) atoms. The van der Waals surface area contributed by atoms with Crippen LogP contribution in [0.5, 0.6) is 17.2 Å². The Kier molecular flexibility index (Phi) is 3.65. The van der Waals surface area contributed by atoms with E-state index in [2.05, 4.69) is 0 Å². The summed E-state index contributed by atoms with van der Waals surface area (Å²) in [6.45, 7) is 1.21. The summed E-state index contributed by atoms with van der Waals surface area (Å²) < 4.78 is 5.45. The smallest absolute Gasteiger partial charge is 0.315 e. The van der Waals surface area contributed by atoms with Crippen LogP contribution in [0.2, 0.25) is 0 Å². The van der Waals surface area contributed by atoms with Crippen LogP contribution in [0.3, 0.4) is 0 Å². The highest BCUT2D eigenvalue weighted by Crippen LogP contribution is 2.36. The maximum absolute atomic E-state index is 11.4. The molecule has 2 rings (SSSR count). The quantitative estimate of drug-likeness (QED) is 0.524. The lowest BCUT2D eigenvalue weighted by molar-refractivity contribution is -0.385. The number of Topliss-reactive ketones (excluding diaryl/α,β-unsaturated/α-hetero) is 1. The van der Waals surface area contributed by atoms with Crippen molar-refractivity contribution in [2.75, 3.05) is 0 Å². The fraction of sp³-hybridized carbons (Fsp3) is 0.0714. The molecule has 0 aromatic heterocycles. The van der Waals surface area contributed by atoms with E-state index in [1.54, 1.807) is 30.3 Å². The molecule has 0 aliphatic rings. The van der Waals surface area contributed by atoms with Crippen molar-refractivity contribution < 1.29 is 19.6 Å². The summed E-state index contributed by atoms with van der Waals surface area (Å²) in [5.74, 6) is -0.542. The predicted molar refractivity (Wildman–Crippen MR) is 71.3 cm³/mol. The number of phenolic OH excluding ortho intramolecular Hbond substituents is 1. The summed E-state index contributed by atoms with van der Waals surface area (Å²) in [7, 11) is 0. The van der Waals surface area contributed by atoms with Crippen molar-refractivity contribution in [2.45, 2.75) is 6.92 Å². The summed E-state index contributed by atoms with van der Waals surface area (Å²) >= 11 is 0. The fourth-order valence-electron chi connectivity index (χ4n) is 1.68. The van der Waals surface area contributed by atoms with Crippen molar-refractivity contribution in [3.05, 3.63) is 58.1 Å². The molecule has 0 aliphatic heterocycles. The summed E-state index contributed by atoms with van der Waals surface area (Å²) in [5, 5.41) is 20.6. The minimum atomic E-state index is -0.764. The topological polar surface area (TPSA) is 89.7 Å². The van der Waals surface area contributed by atoms with Crippen molar-refractivity contribution >= 4 is 11.5 Å². The molecule has 1 N–H and O–H groups in total. The average molecular weight is 273 g/mol. The van der Waals surface area contributed by atoms with Crippen molar-refractivity contribution in [1.82, 2.24) is 0 Å². The van der Waals surface area contributed by atoms with Crippen molar-refractivity contribution in [2.24, 2.45) is 0 Å². The van der Waals surface area contributed by atoms with Crippen LogP contribution in [0.25, 0.3) is 0 Å². The number of nitro groups is 1. The number of rotatable bonds is 4. The zero-order chi connectivity index (χ0) is 14.7. The summed E-state index contributed by atoms with van der Waals surface area (Å²) in [6.07, 6.45) is 0. The zero-order valence-electron chi connectivity index (χ0n) is 10.6. The van der Waals surface area contributed by atoms with Gasteiger partial charge in [0.05, 0.1) is 16.6 Å². The van der Waals surface area contributed by atoms with Gasteiger partial charge in [-0.25, -0.2) is 0 Å². The first-order valence-corrected chi connectivity index (χ1v) is 5.74. The highest BCUT2D eigenvalue weighted by Gasteiger charge is 2.22. The number of aromatic hydroxyl groups is 1. The molecular weight excluding hydrogens is 262 g/mol. The highest BCUT2D eigenvalue weighted by atomic mass is 16.6. The molecule has 6 heteroatoms. The first-order chi connectivity index (χ1) is 9.49. The summed E-state index contributed by atoms with van der Waals surface area (Å²) in [6, 6.07) is 11.0. The molecule has 2 aromatic rings. The molecule has 0 unspecified atom stereocenters. The van der Waals surface area contributed by atoms with Gasteiger partial charge in [-0.05, 0) is 25.1 Å². The normalized spacial score (nSPS) is 10.1. The van der Waals surface area contributed by atoms with Crippen molar-refractivity contribution in [3.63, 3.8) is 0 Å². The minimum Gasteiger partial charge on any atom is -0.502 e. The molecule has 0 fully saturated rings. The molecule has 0 amide bonds. The Hall–Kier alpha value is -2.89. The molecule has 0 atom stereocenters. The second-order valence-electron chi connectivity index (χ2n) is 4.07. The molecule has 0 aliphatic carbocycles. The van der Waals surface area contributed by atoms with Gasteiger partial charge in [0.1, 0.15) is 11.5 Å². The average Bonchev–Trinajstić information content (AvgIpc) is 2.41. The van der Waals surface area contributed by atoms with Crippen molar-refractivity contribution in [1.29, 1.82) is 0 Å². The number of ether oxygens (including phenoxy) is 1. The Morgan fingerprint density at radius 3 is 2.40 bits per heavy atom. The number of hydrogen-bond acceptors (Lipinski definition) is 5. The molecule has 0 bridgehead atoms. The summed E-state index contributed by atoms with van der Waals surface area (Å²) in [4.78, 5) is 21.5. The third kappa shape index (κ3) is 2.74. The lowest BCUT2D eigenvalue weighted by Gasteiger charge is -2.08. The molecule has 0 spiro atoms. The second-order valence-corrected chi connectivity index (χ2v) is 4.07. The van der Waals surface area contributed by atoms with Gasteiger partial charge in [-0.2, -0.15) is 0 Å². The van der Waals surface area contributed by atoms with Gasteiger partial charge in [-0.15, -0.1) is 0 Å². The van der Waals surface area contributed by atoms with Crippen LogP contribution in [0.15, 0.2) is 42.5 Å². The zero-order valence-corrected chi connectivity index (χ0v) is 10.6. The van der Waals surface area contributed by atoms with Crippen LogP contribution in [0.4, 0.5) is 5.69 Å². The van der Waals surface area contributed by atoms with E-state index in [0.29, 0.717) is 5.75 Å². The van der Waals surface area contributed by atoms with E-state index < -0.39 is 22.1 Å². The van der Waals surface area contributed by atoms with Gasteiger partial charge in [-0.3, -0.25) is 14.9 Å². The SMILES string of the molecule is CC(=O)c1cc(Oc2ccccc2)cc([N+](=O)[O-])c1O. The van der Waals surface area contributed by atoms with Gasteiger partial charge in [0, 0.05) is 0 Å². The van der Waals surface area contributed by atoms with E-state index >= 15 is 0 Å².